The van der Waals surface area contributed by atoms with Crippen LogP contribution in [-0.2, 0) is 4.79 Å². The number of carbonyl (C=O) groups excluding carboxylic acids is 1. The Morgan fingerprint density at radius 1 is 1.07 bits per heavy atom. The third kappa shape index (κ3) is 3.94. The first-order chi connectivity index (χ1) is 13.9. The number of likely N-dealkylation sites (tertiary alicyclic amines) is 1. The number of para-hydroxylation sites is 1. The summed E-state index contributed by atoms with van der Waals surface area (Å²) in [5.41, 5.74) is 3.49. The van der Waals surface area contributed by atoms with Crippen LogP contribution in [0.1, 0.15) is 30.9 Å². The van der Waals surface area contributed by atoms with Gasteiger partial charge >= 0.3 is 0 Å². The number of fused-ring (bicyclic) bond motifs is 1. The van der Waals surface area contributed by atoms with E-state index in [1.165, 1.54) is 11.8 Å². The van der Waals surface area contributed by atoms with Gasteiger partial charge in [-0.05, 0) is 69.0 Å². The average Bonchev–Trinajstić information content (AvgIpc) is 3.21. The number of benzene rings is 2. The van der Waals surface area contributed by atoms with Gasteiger partial charge in [0.15, 0.2) is 5.16 Å². The van der Waals surface area contributed by atoms with Crippen molar-refractivity contribution in [3.8, 4) is 5.69 Å². The van der Waals surface area contributed by atoms with Crippen LogP contribution in [0.5, 0.6) is 0 Å². The van der Waals surface area contributed by atoms with E-state index in [-0.39, 0.29) is 16.7 Å². The van der Waals surface area contributed by atoms with Crippen molar-refractivity contribution in [2.24, 2.45) is 0 Å². The van der Waals surface area contributed by atoms with Gasteiger partial charge in [-0.1, -0.05) is 30.0 Å². The molecule has 1 aromatic heterocycles. The van der Waals surface area contributed by atoms with Crippen LogP contribution >= 0.6 is 11.8 Å². The second-order valence-corrected chi connectivity index (χ2v) is 9.00. The Bertz CT molecular complexity index is 1110. The highest BCUT2D eigenvalue weighted by Gasteiger charge is 2.26. The molecule has 0 aliphatic carbocycles. The Morgan fingerprint density at radius 2 is 1.72 bits per heavy atom. The molecule has 3 aromatic rings. The van der Waals surface area contributed by atoms with Gasteiger partial charge in [-0.15, -0.1) is 0 Å². The predicted octanol–water partition coefficient (Wildman–Crippen LogP) is 4.11. The van der Waals surface area contributed by atoms with Crippen molar-refractivity contribution < 1.29 is 4.79 Å². The third-order valence-electron chi connectivity index (χ3n) is 5.26. The minimum absolute atomic E-state index is 0.107. The van der Waals surface area contributed by atoms with E-state index in [2.05, 4.69) is 6.07 Å². The van der Waals surface area contributed by atoms with Crippen LogP contribution in [0.15, 0.2) is 52.4 Å². The van der Waals surface area contributed by atoms with Crippen LogP contribution in [0.2, 0.25) is 0 Å². The average molecular weight is 408 g/mol. The summed E-state index contributed by atoms with van der Waals surface area (Å²) < 4.78 is 1.65. The first kappa shape index (κ1) is 19.7. The van der Waals surface area contributed by atoms with E-state index >= 15 is 0 Å². The van der Waals surface area contributed by atoms with E-state index in [0.29, 0.717) is 16.1 Å². The van der Waals surface area contributed by atoms with Crippen LogP contribution in [0.4, 0.5) is 0 Å². The lowest BCUT2D eigenvalue weighted by atomic mass is 10.1. The van der Waals surface area contributed by atoms with E-state index in [4.69, 9.17) is 4.98 Å². The first-order valence-electron chi connectivity index (χ1n) is 10.00. The second-order valence-electron chi connectivity index (χ2n) is 7.69. The summed E-state index contributed by atoms with van der Waals surface area (Å²) in [7, 11) is 0. The Morgan fingerprint density at radius 3 is 2.41 bits per heavy atom. The topological polar surface area (TPSA) is 55.2 Å². The van der Waals surface area contributed by atoms with Crippen LogP contribution in [0.25, 0.3) is 16.6 Å². The molecule has 150 valence electrons. The number of hydrogen-bond donors (Lipinski definition) is 0. The van der Waals surface area contributed by atoms with E-state index in [1.807, 2.05) is 56.0 Å². The van der Waals surface area contributed by atoms with Crippen molar-refractivity contribution in [2.45, 2.75) is 44.0 Å². The molecule has 2 aromatic carbocycles. The zero-order valence-corrected chi connectivity index (χ0v) is 17.8. The van der Waals surface area contributed by atoms with Gasteiger partial charge in [-0.2, -0.15) is 0 Å². The maximum atomic E-state index is 13.4. The fourth-order valence-corrected chi connectivity index (χ4v) is 4.91. The van der Waals surface area contributed by atoms with Gasteiger partial charge in [0.05, 0.1) is 21.8 Å². The molecule has 1 atom stereocenters. The highest BCUT2D eigenvalue weighted by Crippen LogP contribution is 2.27. The zero-order valence-electron chi connectivity index (χ0n) is 17.0. The molecule has 0 N–H and O–H groups in total. The van der Waals surface area contributed by atoms with Gasteiger partial charge in [0.1, 0.15) is 0 Å². The molecule has 0 spiro atoms. The van der Waals surface area contributed by atoms with Gasteiger partial charge in [0.2, 0.25) is 5.91 Å². The Kier molecular flexibility index (Phi) is 5.46. The molecule has 1 fully saturated rings. The normalized spacial score (nSPS) is 15.1. The number of rotatable bonds is 4. The van der Waals surface area contributed by atoms with E-state index in [1.54, 1.807) is 10.6 Å². The number of nitrogens with zero attached hydrogens (tertiary/aromatic N) is 3. The number of amides is 1. The summed E-state index contributed by atoms with van der Waals surface area (Å²) in [4.78, 5) is 32.9. The molecule has 1 saturated heterocycles. The fraction of sp³-hybridized carbons (Fsp3) is 0.348. The van der Waals surface area contributed by atoms with Gasteiger partial charge in [0, 0.05) is 13.1 Å². The van der Waals surface area contributed by atoms with Crippen molar-refractivity contribution >= 4 is 28.6 Å². The minimum Gasteiger partial charge on any atom is -0.342 e. The molecule has 4 rings (SSSR count). The maximum absolute atomic E-state index is 13.4. The highest BCUT2D eigenvalue weighted by atomic mass is 32.2. The summed E-state index contributed by atoms with van der Waals surface area (Å²) in [5, 5.41) is 0.826. The predicted molar refractivity (Wildman–Crippen MR) is 118 cm³/mol. The Hall–Kier alpha value is -2.60. The zero-order chi connectivity index (χ0) is 20.5. The molecule has 0 saturated carbocycles. The van der Waals surface area contributed by atoms with Gasteiger partial charge in [-0.25, -0.2) is 4.98 Å². The van der Waals surface area contributed by atoms with Crippen molar-refractivity contribution in [3.63, 3.8) is 0 Å². The van der Waals surface area contributed by atoms with Gasteiger partial charge in [0.25, 0.3) is 5.56 Å². The monoisotopic (exact) mass is 407 g/mol. The Labute approximate surface area is 174 Å². The van der Waals surface area contributed by atoms with Gasteiger partial charge < -0.3 is 4.90 Å². The molecule has 1 aliphatic rings. The molecule has 29 heavy (non-hydrogen) atoms. The number of aromatic nitrogens is 2. The number of aryl methyl sites for hydroxylation is 2. The van der Waals surface area contributed by atoms with E-state index < -0.39 is 0 Å². The smallest absolute Gasteiger partial charge is 0.266 e. The molecule has 1 aliphatic heterocycles. The molecule has 5 nitrogen and oxygen atoms in total. The standard InChI is InChI=1S/C23H25N3O2S/c1-15-12-16(2)14-18(13-15)26-22(28)19-8-4-5-9-20(19)24-23(26)29-17(3)21(27)25-10-6-7-11-25/h4-5,8-9,12-14,17H,6-7,10-11H2,1-3H3. The molecule has 2 heterocycles. The second kappa shape index (κ2) is 8.03. The summed E-state index contributed by atoms with van der Waals surface area (Å²) in [5.74, 6) is 0.113. The first-order valence-corrected chi connectivity index (χ1v) is 10.9. The van der Waals surface area contributed by atoms with Crippen LogP contribution < -0.4 is 5.56 Å². The lowest BCUT2D eigenvalue weighted by molar-refractivity contribution is -0.129. The molecule has 0 bridgehead atoms. The lowest BCUT2D eigenvalue weighted by Gasteiger charge is -2.21. The highest BCUT2D eigenvalue weighted by molar-refractivity contribution is 8.00. The largest absolute Gasteiger partial charge is 0.342 e. The number of carbonyl (C=O) groups is 1. The van der Waals surface area contributed by atoms with Crippen molar-refractivity contribution in [3.05, 3.63) is 63.9 Å². The lowest BCUT2D eigenvalue weighted by Crippen LogP contribution is -2.34. The Balaban J connectivity index is 1.83. The van der Waals surface area contributed by atoms with E-state index in [9.17, 15) is 9.59 Å². The number of thioether (sulfide) groups is 1. The van der Waals surface area contributed by atoms with Crippen molar-refractivity contribution in [1.82, 2.24) is 14.5 Å². The number of hydrogen-bond acceptors (Lipinski definition) is 4. The molecule has 6 heteroatoms. The minimum atomic E-state index is -0.307. The SMILES string of the molecule is Cc1cc(C)cc(-n2c(SC(C)C(=O)N3CCCC3)nc3ccccc3c2=O)c1. The molecular weight excluding hydrogens is 382 g/mol. The van der Waals surface area contributed by atoms with Crippen LogP contribution in [-0.4, -0.2) is 38.7 Å². The van der Waals surface area contributed by atoms with Crippen molar-refractivity contribution in [1.29, 1.82) is 0 Å². The van der Waals surface area contributed by atoms with Crippen LogP contribution in [0.3, 0.4) is 0 Å². The fourth-order valence-electron chi connectivity index (χ4n) is 3.90. The summed E-state index contributed by atoms with van der Waals surface area (Å²) >= 11 is 1.36. The summed E-state index contributed by atoms with van der Waals surface area (Å²) in [6.45, 7) is 7.57. The summed E-state index contributed by atoms with van der Waals surface area (Å²) in [6, 6.07) is 13.4. The van der Waals surface area contributed by atoms with E-state index in [0.717, 1.165) is 42.7 Å². The molecule has 0 radical (unpaired) electrons. The van der Waals surface area contributed by atoms with Gasteiger partial charge in [-0.3, -0.25) is 14.2 Å². The molecule has 1 unspecified atom stereocenters. The summed E-state index contributed by atoms with van der Waals surface area (Å²) in [6.07, 6.45) is 2.12. The third-order valence-corrected chi connectivity index (χ3v) is 6.30. The maximum Gasteiger partial charge on any atom is 0.266 e. The molecule has 1 amide bonds. The quantitative estimate of drug-likeness (QED) is 0.483. The van der Waals surface area contributed by atoms with Crippen molar-refractivity contribution in [2.75, 3.05) is 13.1 Å². The molecular formula is C23H25N3O2S. The van der Waals surface area contributed by atoms with Crippen LogP contribution in [0, 0.1) is 13.8 Å².